The summed E-state index contributed by atoms with van der Waals surface area (Å²) in [7, 11) is 0. The van der Waals surface area contributed by atoms with E-state index in [4.69, 9.17) is 5.11 Å². The summed E-state index contributed by atoms with van der Waals surface area (Å²) in [5.41, 5.74) is -5.94. The highest BCUT2D eigenvalue weighted by Crippen LogP contribution is 2.33. The minimum Gasteiger partial charge on any atom is -0.477 e. The Morgan fingerprint density at radius 2 is 1.85 bits per heavy atom. The van der Waals surface area contributed by atoms with Gasteiger partial charge in [-0.1, -0.05) is 10.5 Å². The second-order valence-electron chi connectivity index (χ2n) is 3.78. The van der Waals surface area contributed by atoms with E-state index < -0.39 is 50.3 Å². The van der Waals surface area contributed by atoms with Gasteiger partial charge in [-0.2, -0.15) is 17.6 Å². The number of hydrogen-bond donors (Lipinski definition) is 1. The monoisotopic (exact) mass is 293 g/mol. The molecule has 1 aromatic heterocycles. The number of benzene rings is 1. The molecule has 0 amide bonds. The van der Waals surface area contributed by atoms with Crippen LogP contribution in [-0.4, -0.2) is 15.9 Å². The van der Waals surface area contributed by atoms with E-state index >= 15 is 0 Å². The van der Waals surface area contributed by atoms with Gasteiger partial charge in [0.1, 0.15) is 0 Å². The SMILES string of the molecule is O=C(O)c1c(F)n(F)c2cccc(C(F)(F)F)c2c1=O. The molecule has 0 aliphatic heterocycles. The molecule has 2 aromatic rings. The molecule has 2 rings (SSSR count). The maximum atomic E-state index is 13.5. The van der Waals surface area contributed by atoms with E-state index in [0.717, 1.165) is 12.1 Å². The van der Waals surface area contributed by atoms with Gasteiger partial charge < -0.3 is 5.11 Å². The Kier molecular flexibility index (Phi) is 2.99. The molecule has 0 aliphatic carbocycles. The third kappa shape index (κ3) is 1.91. The third-order valence-corrected chi connectivity index (χ3v) is 2.61. The minimum atomic E-state index is -5.01. The van der Waals surface area contributed by atoms with Crippen molar-refractivity contribution in [3.63, 3.8) is 0 Å². The molecule has 0 spiro atoms. The predicted octanol–water partition coefficient (Wildman–Crippen LogP) is 2.59. The zero-order valence-corrected chi connectivity index (χ0v) is 9.33. The highest BCUT2D eigenvalue weighted by Gasteiger charge is 2.35. The molecule has 1 heterocycles. The predicted molar refractivity (Wildman–Crippen MR) is 56.6 cm³/mol. The topological polar surface area (TPSA) is 59.3 Å². The van der Waals surface area contributed by atoms with Crippen LogP contribution in [0.2, 0.25) is 0 Å². The smallest absolute Gasteiger partial charge is 0.417 e. The maximum absolute atomic E-state index is 13.5. The molecular formula is C11H4F5NO3. The maximum Gasteiger partial charge on any atom is 0.417 e. The molecule has 1 aromatic carbocycles. The number of aromatic carboxylic acids is 1. The number of alkyl halides is 3. The zero-order valence-electron chi connectivity index (χ0n) is 9.33. The van der Waals surface area contributed by atoms with Crippen LogP contribution in [-0.2, 0) is 6.18 Å². The molecule has 0 saturated heterocycles. The molecule has 0 unspecified atom stereocenters. The largest absolute Gasteiger partial charge is 0.477 e. The second-order valence-corrected chi connectivity index (χ2v) is 3.78. The average Bonchev–Trinajstić information content (AvgIpc) is 2.34. The number of rotatable bonds is 1. The van der Waals surface area contributed by atoms with Crippen molar-refractivity contribution in [1.29, 1.82) is 0 Å². The Morgan fingerprint density at radius 3 is 2.35 bits per heavy atom. The number of nitrogens with zero attached hydrogens (tertiary/aromatic N) is 1. The van der Waals surface area contributed by atoms with Gasteiger partial charge in [0.15, 0.2) is 5.56 Å². The molecule has 20 heavy (non-hydrogen) atoms. The molecule has 0 saturated carbocycles. The van der Waals surface area contributed by atoms with Crippen molar-refractivity contribution in [2.75, 3.05) is 0 Å². The van der Waals surface area contributed by atoms with Gasteiger partial charge in [-0.05, 0) is 12.1 Å². The second kappa shape index (κ2) is 4.29. The van der Waals surface area contributed by atoms with E-state index in [-0.39, 0.29) is 0 Å². The van der Waals surface area contributed by atoms with Crippen LogP contribution >= 0.6 is 0 Å². The molecule has 1 N–H and O–H groups in total. The van der Waals surface area contributed by atoms with E-state index in [2.05, 4.69) is 0 Å². The van der Waals surface area contributed by atoms with Gasteiger partial charge in [-0.15, -0.1) is 4.79 Å². The fourth-order valence-corrected chi connectivity index (χ4v) is 1.79. The van der Waals surface area contributed by atoms with Gasteiger partial charge in [0, 0.05) is 0 Å². The Bertz CT molecular complexity index is 778. The van der Waals surface area contributed by atoms with E-state index in [9.17, 15) is 31.6 Å². The number of fused-ring (bicyclic) bond motifs is 1. The Hall–Kier alpha value is -2.45. The number of pyridine rings is 1. The van der Waals surface area contributed by atoms with Crippen LogP contribution in [0.25, 0.3) is 10.9 Å². The van der Waals surface area contributed by atoms with Crippen molar-refractivity contribution >= 4 is 16.9 Å². The van der Waals surface area contributed by atoms with Crippen LogP contribution < -0.4 is 5.43 Å². The van der Waals surface area contributed by atoms with Gasteiger partial charge in [0.05, 0.1) is 16.5 Å². The molecule has 0 fully saturated rings. The van der Waals surface area contributed by atoms with Crippen molar-refractivity contribution in [2.24, 2.45) is 0 Å². The number of halogens is 5. The zero-order chi connectivity index (χ0) is 15.2. The molecule has 106 valence electrons. The van der Waals surface area contributed by atoms with E-state index in [0.29, 0.717) is 6.07 Å². The highest BCUT2D eigenvalue weighted by atomic mass is 19.4. The fourth-order valence-electron chi connectivity index (χ4n) is 1.79. The lowest BCUT2D eigenvalue weighted by atomic mass is 10.1. The van der Waals surface area contributed by atoms with Gasteiger partial charge in [-0.3, -0.25) is 4.79 Å². The van der Waals surface area contributed by atoms with Crippen LogP contribution in [0, 0.1) is 5.95 Å². The van der Waals surface area contributed by atoms with Crippen molar-refractivity contribution in [1.82, 2.24) is 4.79 Å². The van der Waals surface area contributed by atoms with Gasteiger partial charge >= 0.3 is 12.1 Å². The fraction of sp³-hybridized carbons (Fsp3) is 0.0909. The van der Waals surface area contributed by atoms with Crippen LogP contribution in [0.5, 0.6) is 0 Å². The van der Waals surface area contributed by atoms with Crippen LogP contribution in [0.4, 0.5) is 22.0 Å². The lowest BCUT2D eigenvalue weighted by Crippen LogP contribution is -2.23. The summed E-state index contributed by atoms with van der Waals surface area (Å²) in [6.45, 7) is 0. The number of aromatic nitrogens is 1. The number of carbonyl (C=O) groups is 1. The quantitative estimate of drug-likeness (QED) is 0.649. The van der Waals surface area contributed by atoms with Crippen molar-refractivity contribution in [3.8, 4) is 0 Å². The first-order valence-electron chi connectivity index (χ1n) is 5.00. The van der Waals surface area contributed by atoms with Gasteiger partial charge in [-0.25, -0.2) is 4.79 Å². The number of hydrogen-bond acceptors (Lipinski definition) is 2. The molecule has 0 radical (unpaired) electrons. The summed E-state index contributed by atoms with van der Waals surface area (Å²) in [6, 6.07) is 1.99. The first kappa shape index (κ1) is 14.0. The summed E-state index contributed by atoms with van der Waals surface area (Å²) in [4.78, 5) is 21.5. The van der Waals surface area contributed by atoms with Crippen molar-refractivity contribution < 1.29 is 31.9 Å². The molecular weight excluding hydrogens is 289 g/mol. The Balaban J connectivity index is 3.12. The molecule has 4 nitrogen and oxygen atoms in total. The van der Waals surface area contributed by atoms with Gasteiger partial charge in [0.2, 0.25) is 11.4 Å². The Morgan fingerprint density at radius 1 is 1.25 bits per heavy atom. The minimum absolute atomic E-state index is 0.479. The van der Waals surface area contributed by atoms with Crippen molar-refractivity contribution in [2.45, 2.75) is 6.18 Å². The van der Waals surface area contributed by atoms with E-state index in [1.54, 1.807) is 0 Å². The summed E-state index contributed by atoms with van der Waals surface area (Å²) in [5, 5.41) is 7.39. The van der Waals surface area contributed by atoms with E-state index in [1.165, 1.54) is 0 Å². The molecule has 0 atom stereocenters. The highest BCUT2D eigenvalue weighted by molar-refractivity contribution is 5.94. The summed E-state index contributed by atoms with van der Waals surface area (Å²) < 4.78 is 65.2. The average molecular weight is 293 g/mol. The normalized spacial score (nSPS) is 11.8. The third-order valence-electron chi connectivity index (χ3n) is 2.61. The van der Waals surface area contributed by atoms with Crippen LogP contribution in [0.3, 0.4) is 0 Å². The first-order valence-corrected chi connectivity index (χ1v) is 5.00. The number of carboxylic acid groups (broad SMARTS) is 1. The van der Waals surface area contributed by atoms with Gasteiger partial charge in [0.25, 0.3) is 0 Å². The van der Waals surface area contributed by atoms with Crippen LogP contribution in [0.15, 0.2) is 23.0 Å². The molecule has 0 bridgehead atoms. The first-order chi connectivity index (χ1) is 9.16. The number of carboxylic acids is 1. The lowest BCUT2D eigenvalue weighted by molar-refractivity contribution is -0.136. The molecule has 0 aliphatic rings. The van der Waals surface area contributed by atoms with Crippen molar-refractivity contribution in [3.05, 3.63) is 45.5 Å². The molecule has 9 heteroatoms. The summed E-state index contributed by atoms with van der Waals surface area (Å²) >= 11 is 0. The van der Waals surface area contributed by atoms with Crippen LogP contribution in [0.1, 0.15) is 15.9 Å². The van der Waals surface area contributed by atoms with E-state index in [1.807, 2.05) is 0 Å². The standard InChI is InChI=1S/C11H4F5NO3/c12-9-7(10(19)20)8(18)6-4(11(13,14)15)2-1-3-5(6)17(9)16/h1-3H,(H,19,20). The Labute approximate surface area is 106 Å². The summed E-state index contributed by atoms with van der Waals surface area (Å²) in [6.07, 6.45) is -5.01. The summed E-state index contributed by atoms with van der Waals surface area (Å²) in [5.74, 6) is -4.22. The lowest BCUT2D eigenvalue weighted by Gasteiger charge is -2.12.